The summed E-state index contributed by atoms with van der Waals surface area (Å²) in [5.41, 5.74) is -0.180. The normalized spacial score (nSPS) is 10.6. The first kappa shape index (κ1) is 22.7. The minimum absolute atomic E-state index is 0.00980. The van der Waals surface area contributed by atoms with Gasteiger partial charge in [0, 0.05) is 30.3 Å². The predicted octanol–water partition coefficient (Wildman–Crippen LogP) is 4.98. The lowest BCUT2D eigenvalue weighted by molar-refractivity contribution is -0.385. The zero-order valence-corrected chi connectivity index (χ0v) is 17.0. The molecule has 0 aliphatic rings. The third kappa shape index (κ3) is 5.61. The number of benzene rings is 3. The van der Waals surface area contributed by atoms with Crippen LogP contribution in [0.15, 0.2) is 66.7 Å². The maximum absolute atomic E-state index is 11.5. The molecule has 1 N–H and O–H groups in total. The van der Waals surface area contributed by atoms with Crippen molar-refractivity contribution in [1.82, 2.24) is 0 Å². The van der Waals surface area contributed by atoms with E-state index in [0.29, 0.717) is 0 Å². The van der Waals surface area contributed by atoms with Crippen LogP contribution in [0, 0.1) is 20.2 Å². The highest BCUT2D eigenvalue weighted by Crippen LogP contribution is 2.41. The zero-order valence-electron chi connectivity index (χ0n) is 17.0. The minimum Gasteiger partial charge on any atom is -0.504 e. The first-order chi connectivity index (χ1) is 15.8. The fourth-order valence-electron chi connectivity index (χ4n) is 2.65. The van der Waals surface area contributed by atoms with Crippen molar-refractivity contribution < 1.29 is 34.0 Å². The van der Waals surface area contributed by atoms with E-state index >= 15 is 0 Å². The Morgan fingerprint density at radius 1 is 0.818 bits per heavy atom. The van der Waals surface area contributed by atoms with Crippen molar-refractivity contribution in [3.63, 3.8) is 0 Å². The van der Waals surface area contributed by atoms with E-state index in [0.717, 1.165) is 6.08 Å². The number of phenols is 1. The Balaban J connectivity index is 1.94. The number of carbonyl (C=O) groups excluding carboxylic acids is 1. The van der Waals surface area contributed by atoms with Crippen molar-refractivity contribution in [3.05, 3.63) is 92.5 Å². The molecule has 3 aromatic rings. The van der Waals surface area contributed by atoms with E-state index in [2.05, 4.69) is 4.74 Å². The predicted molar refractivity (Wildman–Crippen MR) is 115 cm³/mol. The number of nitro groups is 2. The lowest BCUT2D eigenvalue weighted by Crippen LogP contribution is -1.95. The Morgan fingerprint density at radius 3 is 1.73 bits per heavy atom. The van der Waals surface area contributed by atoms with Crippen LogP contribution in [0.3, 0.4) is 0 Å². The molecule has 11 nitrogen and oxygen atoms in total. The molecule has 0 spiro atoms. The van der Waals surface area contributed by atoms with E-state index in [1.54, 1.807) is 0 Å². The molecular weight excluding hydrogens is 436 g/mol. The Bertz CT molecular complexity index is 1220. The summed E-state index contributed by atoms with van der Waals surface area (Å²) in [6, 6.07) is 13.3. The first-order valence-electron chi connectivity index (χ1n) is 9.25. The van der Waals surface area contributed by atoms with Gasteiger partial charge in [-0.3, -0.25) is 20.2 Å². The van der Waals surface area contributed by atoms with Gasteiger partial charge in [0.25, 0.3) is 11.4 Å². The number of hydrogen-bond donors (Lipinski definition) is 1. The molecule has 11 heteroatoms. The van der Waals surface area contributed by atoms with Crippen LogP contribution in [0.4, 0.5) is 11.4 Å². The number of carbonyl (C=O) groups is 1. The highest BCUT2D eigenvalue weighted by atomic mass is 16.6. The third-order valence-corrected chi connectivity index (χ3v) is 4.28. The first-order valence-corrected chi connectivity index (χ1v) is 9.25. The van der Waals surface area contributed by atoms with E-state index in [-0.39, 0.29) is 45.7 Å². The number of rotatable bonds is 8. The van der Waals surface area contributed by atoms with Crippen molar-refractivity contribution in [2.45, 2.75) is 0 Å². The van der Waals surface area contributed by atoms with Crippen molar-refractivity contribution in [3.8, 4) is 28.7 Å². The fraction of sp³-hybridized carbons (Fsp3) is 0.0455. The molecule has 3 rings (SSSR count). The molecule has 0 heterocycles. The van der Waals surface area contributed by atoms with Crippen molar-refractivity contribution in [2.75, 3.05) is 7.11 Å². The summed E-state index contributed by atoms with van der Waals surface area (Å²) < 4.78 is 15.9. The molecule has 0 bridgehead atoms. The molecule has 0 amide bonds. The van der Waals surface area contributed by atoms with Gasteiger partial charge in [0.1, 0.15) is 17.2 Å². The van der Waals surface area contributed by atoms with Crippen LogP contribution in [0.2, 0.25) is 0 Å². The topological polar surface area (TPSA) is 151 Å². The van der Waals surface area contributed by atoms with Crippen molar-refractivity contribution >= 4 is 23.4 Å². The van der Waals surface area contributed by atoms with Gasteiger partial charge in [0.05, 0.1) is 22.5 Å². The molecule has 0 radical (unpaired) electrons. The Morgan fingerprint density at radius 2 is 1.27 bits per heavy atom. The summed E-state index contributed by atoms with van der Waals surface area (Å²) in [6.45, 7) is 0. The fourth-order valence-corrected chi connectivity index (χ4v) is 2.65. The number of nitrogens with zero attached hydrogens (tertiary/aromatic N) is 2. The zero-order chi connectivity index (χ0) is 24.0. The van der Waals surface area contributed by atoms with Crippen LogP contribution in [0.5, 0.6) is 28.7 Å². The van der Waals surface area contributed by atoms with Gasteiger partial charge in [-0.15, -0.1) is 0 Å². The maximum Gasteiger partial charge on any atom is 0.330 e. The second-order valence-electron chi connectivity index (χ2n) is 6.39. The Hall–Kier alpha value is -4.93. The van der Waals surface area contributed by atoms with Gasteiger partial charge >= 0.3 is 5.97 Å². The standard InChI is InChI=1S/C22H16N2O9/c1-31-21(25)13-10-18-19(32-16-6-2-14(3-7-16)23(27)28)11-12-20(22(18)26)33-17-8-4-15(5-9-17)24(29)30/h2-13,26H,1H3. The molecule has 0 aliphatic heterocycles. The molecule has 3 aromatic carbocycles. The van der Waals surface area contributed by atoms with Gasteiger partial charge in [-0.2, -0.15) is 0 Å². The average Bonchev–Trinajstić information content (AvgIpc) is 2.81. The molecule has 168 valence electrons. The van der Waals surface area contributed by atoms with Gasteiger partial charge in [-0.1, -0.05) is 0 Å². The highest BCUT2D eigenvalue weighted by molar-refractivity contribution is 5.88. The Kier molecular flexibility index (Phi) is 6.84. The number of aromatic hydroxyl groups is 1. The summed E-state index contributed by atoms with van der Waals surface area (Å²) in [7, 11) is 1.19. The van der Waals surface area contributed by atoms with Crippen LogP contribution in [0.1, 0.15) is 5.56 Å². The summed E-state index contributed by atoms with van der Waals surface area (Å²) in [6.07, 6.45) is 2.32. The van der Waals surface area contributed by atoms with E-state index in [1.165, 1.54) is 73.8 Å². The summed E-state index contributed by atoms with van der Waals surface area (Å²) in [5, 5.41) is 32.4. The van der Waals surface area contributed by atoms with Crippen LogP contribution < -0.4 is 9.47 Å². The monoisotopic (exact) mass is 452 g/mol. The maximum atomic E-state index is 11.5. The minimum atomic E-state index is -0.683. The smallest absolute Gasteiger partial charge is 0.330 e. The van der Waals surface area contributed by atoms with Gasteiger partial charge in [-0.25, -0.2) is 4.79 Å². The molecule has 0 aromatic heterocycles. The van der Waals surface area contributed by atoms with Gasteiger partial charge < -0.3 is 19.3 Å². The van der Waals surface area contributed by atoms with E-state index in [4.69, 9.17) is 9.47 Å². The van der Waals surface area contributed by atoms with Crippen LogP contribution in [-0.2, 0) is 9.53 Å². The van der Waals surface area contributed by atoms with Gasteiger partial charge in [0.2, 0.25) is 0 Å². The second kappa shape index (κ2) is 9.92. The molecule has 0 saturated carbocycles. The van der Waals surface area contributed by atoms with Crippen molar-refractivity contribution in [2.24, 2.45) is 0 Å². The number of non-ortho nitro benzene ring substituents is 2. The molecule has 33 heavy (non-hydrogen) atoms. The number of methoxy groups -OCH3 is 1. The molecule has 0 atom stereocenters. The summed E-state index contributed by atoms with van der Waals surface area (Å²) >= 11 is 0. The number of ether oxygens (including phenoxy) is 3. The third-order valence-electron chi connectivity index (χ3n) is 4.28. The van der Waals surface area contributed by atoms with Crippen LogP contribution >= 0.6 is 0 Å². The summed E-state index contributed by atoms with van der Waals surface area (Å²) in [4.78, 5) is 32.1. The van der Waals surface area contributed by atoms with Crippen LogP contribution in [-0.4, -0.2) is 28.0 Å². The lowest BCUT2D eigenvalue weighted by Gasteiger charge is -2.14. The number of hydrogen-bond acceptors (Lipinski definition) is 9. The largest absolute Gasteiger partial charge is 0.504 e. The van der Waals surface area contributed by atoms with Gasteiger partial charge in [0.15, 0.2) is 11.5 Å². The molecule has 0 fully saturated rings. The lowest BCUT2D eigenvalue weighted by atomic mass is 10.1. The van der Waals surface area contributed by atoms with Gasteiger partial charge in [-0.05, 0) is 42.5 Å². The second-order valence-corrected chi connectivity index (χ2v) is 6.39. The molecule has 0 saturated heterocycles. The summed E-state index contributed by atoms with van der Waals surface area (Å²) in [5.74, 6) is -0.480. The van der Waals surface area contributed by atoms with Crippen LogP contribution in [0.25, 0.3) is 6.08 Å². The van der Waals surface area contributed by atoms with E-state index < -0.39 is 15.8 Å². The van der Waals surface area contributed by atoms with E-state index in [1.807, 2.05) is 0 Å². The SMILES string of the molecule is COC(=O)C=Cc1c(Oc2ccc([N+](=O)[O-])cc2)ccc(Oc2ccc([N+](=O)[O-])cc2)c1O. The molecule has 0 aliphatic carbocycles. The quantitative estimate of drug-likeness (QED) is 0.216. The van der Waals surface area contributed by atoms with E-state index in [9.17, 15) is 30.1 Å². The average molecular weight is 452 g/mol. The number of phenolic OH excluding ortho intramolecular Hbond substituents is 1. The highest BCUT2D eigenvalue weighted by Gasteiger charge is 2.16. The molecular formula is C22H16N2O9. The number of esters is 1. The van der Waals surface area contributed by atoms with Crippen molar-refractivity contribution in [1.29, 1.82) is 0 Å². The molecule has 0 unspecified atom stereocenters. The Labute approximate surface area is 186 Å². The number of nitro benzene ring substituents is 2.